The zero-order chi connectivity index (χ0) is 16.1. The summed E-state index contributed by atoms with van der Waals surface area (Å²) in [6, 6.07) is 6.68. The van der Waals surface area contributed by atoms with Gasteiger partial charge in [-0.2, -0.15) is 0 Å². The molecule has 1 aromatic carbocycles. The number of ether oxygens (including phenoxy) is 1. The molecule has 0 fully saturated rings. The van der Waals surface area contributed by atoms with Gasteiger partial charge >= 0.3 is 5.97 Å². The molecule has 0 radical (unpaired) electrons. The summed E-state index contributed by atoms with van der Waals surface area (Å²) in [5, 5.41) is 5.19. The monoisotopic (exact) mass is 355 g/mol. The van der Waals surface area contributed by atoms with E-state index in [1.54, 1.807) is 35.7 Å². The second-order valence-electron chi connectivity index (χ2n) is 4.15. The van der Waals surface area contributed by atoms with Crippen LogP contribution in [0, 0.1) is 0 Å². The van der Waals surface area contributed by atoms with Gasteiger partial charge in [0, 0.05) is 6.08 Å². The maximum Gasteiger partial charge on any atom is 0.350 e. The van der Waals surface area contributed by atoms with Gasteiger partial charge in [0.25, 0.3) is 0 Å². The molecule has 1 heterocycles. The molecule has 0 aliphatic rings. The van der Waals surface area contributed by atoms with Gasteiger partial charge in [-0.3, -0.25) is 4.79 Å². The molecule has 22 heavy (non-hydrogen) atoms. The molecule has 1 aromatic heterocycles. The Kier molecular flexibility index (Phi) is 5.60. The highest BCUT2D eigenvalue weighted by atomic mass is 35.5. The number of benzene rings is 1. The topological polar surface area (TPSA) is 55.4 Å². The molecule has 0 atom stereocenters. The van der Waals surface area contributed by atoms with Crippen molar-refractivity contribution in [3.05, 3.63) is 56.2 Å². The third-order valence-corrected chi connectivity index (χ3v) is 4.30. The molecule has 7 heteroatoms. The number of hydrogen-bond donors (Lipinski definition) is 1. The first kappa shape index (κ1) is 16.5. The minimum absolute atomic E-state index is 0.346. The van der Waals surface area contributed by atoms with Crippen molar-refractivity contribution in [2.24, 2.45) is 0 Å². The molecule has 1 amide bonds. The van der Waals surface area contributed by atoms with Crippen LogP contribution in [0.4, 0.5) is 5.69 Å². The number of halogens is 2. The van der Waals surface area contributed by atoms with Gasteiger partial charge in [0.1, 0.15) is 4.88 Å². The van der Waals surface area contributed by atoms with Crippen molar-refractivity contribution in [3.63, 3.8) is 0 Å². The van der Waals surface area contributed by atoms with Crippen LogP contribution in [-0.2, 0) is 9.53 Å². The highest BCUT2D eigenvalue weighted by Crippen LogP contribution is 2.24. The molecule has 2 rings (SSSR count). The molecule has 0 unspecified atom stereocenters. The summed E-state index contributed by atoms with van der Waals surface area (Å²) in [5.41, 5.74) is 1.16. The second-order valence-corrected chi connectivity index (χ2v) is 5.88. The number of hydrogen-bond acceptors (Lipinski definition) is 4. The second kappa shape index (κ2) is 7.45. The standard InChI is InChI=1S/C15H11Cl2NO3S/c1-21-15(20)14-12(6-7-22-14)18-13(19)5-3-9-2-4-10(16)11(17)8-9/h2-8H,1H3,(H,18,19). The van der Waals surface area contributed by atoms with Crippen molar-refractivity contribution in [2.45, 2.75) is 0 Å². The minimum Gasteiger partial charge on any atom is -0.465 e. The van der Waals surface area contributed by atoms with Crippen LogP contribution in [0.1, 0.15) is 15.2 Å². The van der Waals surface area contributed by atoms with Crippen LogP contribution in [0.5, 0.6) is 0 Å². The zero-order valence-corrected chi connectivity index (χ0v) is 13.8. The van der Waals surface area contributed by atoms with Crippen molar-refractivity contribution < 1.29 is 14.3 Å². The summed E-state index contributed by atoms with van der Waals surface area (Å²) in [7, 11) is 1.29. The van der Waals surface area contributed by atoms with Crippen LogP contribution in [0.25, 0.3) is 6.08 Å². The molecule has 1 N–H and O–H groups in total. The van der Waals surface area contributed by atoms with E-state index in [1.807, 2.05) is 0 Å². The van der Waals surface area contributed by atoms with Gasteiger partial charge in [0.05, 0.1) is 22.8 Å². The third-order valence-electron chi connectivity index (χ3n) is 2.66. The van der Waals surface area contributed by atoms with Gasteiger partial charge in [-0.25, -0.2) is 4.79 Å². The number of carbonyl (C=O) groups is 2. The number of nitrogens with one attached hydrogen (secondary N) is 1. The first-order chi connectivity index (χ1) is 10.5. The summed E-state index contributed by atoms with van der Waals surface area (Å²) < 4.78 is 4.65. The van der Waals surface area contributed by atoms with Crippen molar-refractivity contribution in [1.82, 2.24) is 0 Å². The van der Waals surface area contributed by atoms with Gasteiger partial charge in [-0.05, 0) is 35.2 Å². The fraction of sp³-hybridized carbons (Fsp3) is 0.0667. The molecule has 0 saturated carbocycles. The number of thiophene rings is 1. The van der Waals surface area contributed by atoms with Crippen LogP contribution in [0.15, 0.2) is 35.7 Å². The normalized spacial score (nSPS) is 10.7. The Morgan fingerprint density at radius 2 is 2.00 bits per heavy atom. The predicted molar refractivity (Wildman–Crippen MR) is 89.8 cm³/mol. The largest absolute Gasteiger partial charge is 0.465 e. The highest BCUT2D eigenvalue weighted by Gasteiger charge is 2.14. The average Bonchev–Trinajstić information content (AvgIpc) is 2.95. The lowest BCUT2D eigenvalue weighted by atomic mass is 10.2. The van der Waals surface area contributed by atoms with Gasteiger partial charge in [0.2, 0.25) is 5.91 Å². The molecular formula is C15H11Cl2NO3S. The fourth-order valence-electron chi connectivity index (χ4n) is 1.62. The Bertz CT molecular complexity index is 740. The maximum atomic E-state index is 11.9. The van der Waals surface area contributed by atoms with E-state index in [9.17, 15) is 9.59 Å². The van der Waals surface area contributed by atoms with Gasteiger partial charge in [-0.15, -0.1) is 11.3 Å². The molecular weight excluding hydrogens is 345 g/mol. The SMILES string of the molecule is COC(=O)c1sccc1NC(=O)C=Cc1ccc(Cl)c(Cl)c1. The quantitative estimate of drug-likeness (QED) is 0.649. The summed E-state index contributed by atoms with van der Waals surface area (Å²) in [4.78, 5) is 23.8. The first-order valence-electron chi connectivity index (χ1n) is 6.11. The van der Waals surface area contributed by atoms with Crippen LogP contribution in [0.3, 0.4) is 0 Å². The number of methoxy groups -OCH3 is 1. The molecule has 0 saturated heterocycles. The van der Waals surface area contributed by atoms with Crippen LogP contribution in [-0.4, -0.2) is 19.0 Å². The van der Waals surface area contributed by atoms with E-state index in [4.69, 9.17) is 23.2 Å². The molecule has 0 bridgehead atoms. The molecule has 0 aliphatic heterocycles. The predicted octanol–water partition coefficient (Wildman–Crippen LogP) is 4.49. The molecule has 2 aromatic rings. The Morgan fingerprint density at radius 3 is 2.68 bits per heavy atom. The zero-order valence-electron chi connectivity index (χ0n) is 11.4. The van der Waals surface area contributed by atoms with Crippen molar-refractivity contribution >= 4 is 58.2 Å². The Labute approximate surface area is 141 Å². The smallest absolute Gasteiger partial charge is 0.350 e. The highest BCUT2D eigenvalue weighted by molar-refractivity contribution is 7.12. The lowest BCUT2D eigenvalue weighted by Gasteiger charge is -2.02. The third kappa shape index (κ3) is 4.10. The number of esters is 1. The summed E-state index contributed by atoms with van der Waals surface area (Å²) >= 11 is 12.9. The first-order valence-corrected chi connectivity index (χ1v) is 7.74. The van der Waals surface area contributed by atoms with Gasteiger partial charge < -0.3 is 10.1 Å². The fourth-order valence-corrected chi connectivity index (χ4v) is 2.69. The number of anilines is 1. The van der Waals surface area contributed by atoms with Crippen LogP contribution >= 0.6 is 34.5 Å². The van der Waals surface area contributed by atoms with Crippen molar-refractivity contribution in [1.29, 1.82) is 0 Å². The van der Waals surface area contributed by atoms with Crippen LogP contribution < -0.4 is 5.32 Å². The van der Waals surface area contributed by atoms with E-state index >= 15 is 0 Å². The average molecular weight is 356 g/mol. The lowest BCUT2D eigenvalue weighted by Crippen LogP contribution is -2.10. The Balaban J connectivity index is 2.07. The van der Waals surface area contributed by atoms with E-state index < -0.39 is 5.97 Å². The summed E-state index contributed by atoms with van der Waals surface area (Å²) in [6.07, 6.45) is 2.94. The molecule has 114 valence electrons. The molecule has 4 nitrogen and oxygen atoms in total. The van der Waals surface area contributed by atoms with Gasteiger partial charge in [0.15, 0.2) is 0 Å². The Hall–Kier alpha value is -1.82. The van der Waals surface area contributed by atoms with E-state index in [0.29, 0.717) is 20.6 Å². The minimum atomic E-state index is -0.487. The number of amides is 1. The molecule has 0 spiro atoms. The van der Waals surface area contributed by atoms with Crippen molar-refractivity contribution in [2.75, 3.05) is 12.4 Å². The number of carbonyl (C=O) groups excluding carboxylic acids is 2. The van der Waals surface area contributed by atoms with E-state index in [2.05, 4.69) is 10.1 Å². The Morgan fingerprint density at radius 1 is 1.23 bits per heavy atom. The van der Waals surface area contributed by atoms with Crippen LogP contribution in [0.2, 0.25) is 10.0 Å². The van der Waals surface area contributed by atoms with E-state index in [-0.39, 0.29) is 5.91 Å². The number of rotatable bonds is 4. The summed E-state index contributed by atoms with van der Waals surface area (Å²) in [5.74, 6) is -0.853. The summed E-state index contributed by atoms with van der Waals surface area (Å²) in [6.45, 7) is 0. The van der Waals surface area contributed by atoms with Gasteiger partial charge in [-0.1, -0.05) is 29.3 Å². The maximum absolute atomic E-state index is 11.9. The lowest BCUT2D eigenvalue weighted by molar-refractivity contribution is -0.111. The molecule has 0 aliphatic carbocycles. The van der Waals surface area contributed by atoms with Crippen molar-refractivity contribution in [3.8, 4) is 0 Å². The van der Waals surface area contributed by atoms with E-state index in [0.717, 1.165) is 5.56 Å². The van der Waals surface area contributed by atoms with E-state index in [1.165, 1.54) is 24.5 Å².